The molecule has 0 spiro atoms. The molecule has 0 aliphatic rings. The third-order valence-electron chi connectivity index (χ3n) is 9.65. The van der Waals surface area contributed by atoms with Crippen molar-refractivity contribution in [2.45, 2.75) is 0 Å². The molecule has 0 unspecified atom stereocenters. The maximum absolute atomic E-state index is 7.46. The van der Waals surface area contributed by atoms with Gasteiger partial charge in [0.05, 0.1) is 13.3 Å². The summed E-state index contributed by atoms with van der Waals surface area (Å²) in [5.41, 5.74) is 1.77. The van der Waals surface area contributed by atoms with Gasteiger partial charge in [0.25, 0.3) is 0 Å². The third-order valence-corrected chi connectivity index (χ3v) is 14.2. The molecule has 4 heteroatoms. The minimum absolute atomic E-state index is 0. The van der Waals surface area contributed by atoms with Crippen LogP contribution in [0.3, 0.4) is 0 Å². The summed E-state index contributed by atoms with van der Waals surface area (Å²) >= 11 is 0. The largest absolute Gasteiger partial charge is 1.00 e. The van der Waals surface area contributed by atoms with Gasteiger partial charge in [-0.15, -0.1) is 11.1 Å². The summed E-state index contributed by atoms with van der Waals surface area (Å²) in [6.07, 6.45) is 14.9. The summed E-state index contributed by atoms with van der Waals surface area (Å²) in [4.78, 5) is 0. The standard InChI is InChI=1S/C20H20P2.2C16H9.2Au/c1-21(2)19-15-9-10-16-20(19)22(17-11-5-3-6-12-17)18-13-7-4-8-14-18;2*1-2-14-15-9-5-3-7-12(15)11-13-8-4-6-10-16(13)14;;/h3-16H,1-2H3;2*3-11H;;/q;2*-1;2*+1/p+2. The van der Waals surface area contributed by atoms with Crippen LogP contribution >= 0.6 is 15.8 Å². The summed E-state index contributed by atoms with van der Waals surface area (Å²) in [5.74, 6) is 5.13. The van der Waals surface area contributed by atoms with Crippen molar-refractivity contribution >= 4 is 80.2 Å². The number of hydrogen-bond donors (Lipinski definition) is 0. The first-order valence-electron chi connectivity index (χ1n) is 18.1. The van der Waals surface area contributed by atoms with E-state index in [9.17, 15) is 0 Å². The Balaban J connectivity index is 0.000000161. The van der Waals surface area contributed by atoms with E-state index in [0.29, 0.717) is 0 Å². The number of rotatable bonds is 4. The zero-order chi connectivity index (χ0) is 37.3. The second-order valence-electron chi connectivity index (χ2n) is 13.3. The van der Waals surface area contributed by atoms with Gasteiger partial charge in [-0.2, -0.15) is 0 Å². The fourth-order valence-electron chi connectivity index (χ4n) is 7.12. The van der Waals surface area contributed by atoms with Crippen LogP contribution in [0.2, 0.25) is 0 Å². The predicted octanol–water partition coefficient (Wildman–Crippen LogP) is 11.1. The molecule has 0 radical (unpaired) electrons. The summed E-state index contributed by atoms with van der Waals surface area (Å²) in [7, 11) is -1.40. The van der Waals surface area contributed by atoms with Crippen molar-refractivity contribution in [3.63, 3.8) is 0 Å². The van der Waals surface area contributed by atoms with E-state index in [1.165, 1.54) is 10.6 Å². The van der Waals surface area contributed by atoms with E-state index in [0.717, 1.165) is 54.2 Å². The molecule has 0 aliphatic heterocycles. The quantitative estimate of drug-likeness (QED) is 0.0542. The van der Waals surface area contributed by atoms with Crippen molar-refractivity contribution in [2.75, 3.05) is 13.3 Å². The van der Waals surface area contributed by atoms with Gasteiger partial charge in [0.15, 0.2) is 0 Å². The first-order chi connectivity index (χ1) is 26.6. The molecular weight excluding hydrogens is 1080 g/mol. The van der Waals surface area contributed by atoms with Gasteiger partial charge in [-0.25, -0.2) is 0 Å². The fraction of sp³-hybridized carbons (Fsp3) is 0.0385. The van der Waals surface area contributed by atoms with Crippen LogP contribution in [0.25, 0.3) is 43.1 Å². The van der Waals surface area contributed by atoms with E-state index < -0.39 is 15.8 Å². The van der Waals surface area contributed by atoms with Gasteiger partial charge >= 0.3 is 44.8 Å². The molecule has 0 atom stereocenters. The molecule has 9 aromatic rings. The van der Waals surface area contributed by atoms with Crippen LogP contribution < -0.4 is 21.2 Å². The molecule has 0 heterocycles. The fourth-order valence-corrected chi connectivity index (χ4v) is 11.9. The van der Waals surface area contributed by atoms with Crippen molar-refractivity contribution in [2.24, 2.45) is 0 Å². The molecule has 0 nitrogen and oxygen atoms in total. The molecule has 0 saturated carbocycles. The van der Waals surface area contributed by atoms with E-state index in [1.54, 1.807) is 10.6 Å². The minimum Gasteiger partial charge on any atom is -0.366 e. The smallest absolute Gasteiger partial charge is 0.366 e. The first kappa shape index (κ1) is 42.6. The molecule has 0 fully saturated rings. The molecule has 278 valence electrons. The Morgan fingerprint density at radius 3 is 0.964 bits per heavy atom. The van der Waals surface area contributed by atoms with Gasteiger partial charge in [0.1, 0.15) is 29.1 Å². The van der Waals surface area contributed by atoms with Crippen molar-refractivity contribution in [3.05, 3.63) is 218 Å². The third kappa shape index (κ3) is 9.53. The zero-order valence-electron chi connectivity index (χ0n) is 31.1. The van der Waals surface area contributed by atoms with Crippen LogP contribution in [-0.2, 0) is 44.8 Å². The molecule has 0 aliphatic carbocycles. The predicted molar refractivity (Wildman–Crippen MR) is 242 cm³/mol. The molecule has 9 aromatic carbocycles. The van der Waals surface area contributed by atoms with Gasteiger partial charge in [-0.1, -0.05) is 167 Å². The monoisotopic (exact) mass is 1120 g/mol. The number of benzene rings is 9. The van der Waals surface area contributed by atoms with Gasteiger partial charge in [-0.05, 0) is 70.1 Å². The van der Waals surface area contributed by atoms with E-state index in [1.807, 2.05) is 72.8 Å². The average molecular weight is 1120 g/mol. The molecular formula is C52H40Au2P2+2. The number of hydrogen-bond acceptors (Lipinski definition) is 0. The van der Waals surface area contributed by atoms with Crippen molar-refractivity contribution in [1.29, 1.82) is 0 Å². The minimum atomic E-state index is -0.926. The molecule has 0 amide bonds. The van der Waals surface area contributed by atoms with Crippen molar-refractivity contribution in [3.8, 4) is 11.8 Å². The molecule has 0 saturated heterocycles. The second-order valence-corrected chi connectivity index (χ2v) is 18.3. The summed E-state index contributed by atoms with van der Waals surface area (Å²) in [6.45, 7) is 4.78. The second kappa shape index (κ2) is 20.6. The normalized spacial score (nSPS) is 10.3. The van der Waals surface area contributed by atoms with Crippen LogP contribution in [0, 0.1) is 24.7 Å². The van der Waals surface area contributed by atoms with E-state index in [-0.39, 0.29) is 44.8 Å². The Labute approximate surface area is 365 Å². The zero-order valence-corrected chi connectivity index (χ0v) is 37.4. The maximum Gasteiger partial charge on any atom is 1.00 e. The molecule has 9 rings (SSSR count). The maximum atomic E-state index is 7.46. The summed E-state index contributed by atoms with van der Waals surface area (Å²) in [5, 5.41) is 15.1. The van der Waals surface area contributed by atoms with Gasteiger partial charge in [0.2, 0.25) is 0 Å². The molecule has 0 aromatic heterocycles. The van der Waals surface area contributed by atoms with Crippen LogP contribution in [0.1, 0.15) is 11.1 Å². The Kier molecular flexibility index (Phi) is 15.7. The molecule has 0 bridgehead atoms. The van der Waals surface area contributed by atoms with Crippen LogP contribution in [0.4, 0.5) is 0 Å². The topological polar surface area (TPSA) is 0 Å². The van der Waals surface area contributed by atoms with Gasteiger partial charge < -0.3 is 12.8 Å². The summed E-state index contributed by atoms with van der Waals surface area (Å²) < 4.78 is 0. The van der Waals surface area contributed by atoms with Gasteiger partial charge in [0, 0.05) is 7.92 Å². The van der Waals surface area contributed by atoms with Crippen LogP contribution in [0.15, 0.2) is 194 Å². The van der Waals surface area contributed by atoms with E-state index in [4.69, 9.17) is 12.8 Å². The van der Waals surface area contributed by atoms with E-state index in [2.05, 4.69) is 146 Å². The van der Waals surface area contributed by atoms with Crippen molar-refractivity contribution < 1.29 is 44.8 Å². The Bertz CT molecular complexity index is 2500. The number of fused-ring (bicyclic) bond motifs is 4. The van der Waals surface area contributed by atoms with E-state index >= 15 is 0 Å². The van der Waals surface area contributed by atoms with Crippen molar-refractivity contribution in [1.82, 2.24) is 0 Å². The Morgan fingerprint density at radius 2 is 0.643 bits per heavy atom. The SMILES string of the molecule is C[PH+](C)c1ccccc1[PH+](c1ccccc1)c1ccccc1.[Au+].[Au+].[C-]#Cc1c2ccccc2cc2ccccc12.[C-]#Cc1c2ccccc2cc2ccccc12. The Hall–Kier alpha value is -4.52. The average Bonchev–Trinajstić information content (AvgIpc) is 3.23. The van der Waals surface area contributed by atoms with Crippen LogP contribution in [0.5, 0.6) is 0 Å². The molecule has 56 heavy (non-hydrogen) atoms. The first-order valence-corrected chi connectivity index (χ1v) is 22.1. The summed E-state index contributed by atoms with van der Waals surface area (Å²) in [6, 6.07) is 67.9. The van der Waals surface area contributed by atoms with Gasteiger partial charge in [-0.3, -0.25) is 11.8 Å². The Morgan fingerprint density at radius 1 is 0.357 bits per heavy atom. The van der Waals surface area contributed by atoms with Crippen LogP contribution in [-0.4, -0.2) is 13.3 Å². The molecule has 0 N–H and O–H groups in total.